The van der Waals surface area contributed by atoms with Crippen LogP contribution in [0.4, 0.5) is 5.69 Å². The number of nitrogens with one attached hydrogen (secondary N) is 2. The Morgan fingerprint density at radius 3 is 2.32 bits per heavy atom. The minimum atomic E-state index is -0.626. The lowest BCUT2D eigenvalue weighted by Gasteiger charge is -2.50. The van der Waals surface area contributed by atoms with Crippen molar-refractivity contribution >= 4 is 11.6 Å². The molecule has 31 heavy (non-hydrogen) atoms. The van der Waals surface area contributed by atoms with Crippen molar-refractivity contribution in [2.45, 2.75) is 43.7 Å². The van der Waals surface area contributed by atoms with E-state index in [1.807, 2.05) is 36.4 Å². The summed E-state index contributed by atoms with van der Waals surface area (Å²) in [7, 11) is 3.29. The van der Waals surface area contributed by atoms with Crippen LogP contribution in [0.1, 0.15) is 43.7 Å². The van der Waals surface area contributed by atoms with Crippen LogP contribution in [0.5, 0.6) is 11.5 Å². The zero-order valence-corrected chi connectivity index (χ0v) is 18.4. The molecule has 1 heterocycles. The normalized spacial score (nSPS) is 27.8. The van der Waals surface area contributed by atoms with E-state index < -0.39 is 5.60 Å². The van der Waals surface area contributed by atoms with Crippen molar-refractivity contribution in [3.05, 3.63) is 54.1 Å². The number of piperidine rings is 1. The van der Waals surface area contributed by atoms with E-state index in [0.717, 1.165) is 61.4 Å². The first-order chi connectivity index (χ1) is 15.0. The molecule has 1 unspecified atom stereocenters. The van der Waals surface area contributed by atoms with Crippen LogP contribution < -0.4 is 19.7 Å². The van der Waals surface area contributed by atoms with Crippen LogP contribution >= 0.6 is 0 Å². The minimum absolute atomic E-state index is 0.0140. The number of carbonyl (C=O) groups excluding carboxylic acids is 1. The Morgan fingerprint density at radius 1 is 1.03 bits per heavy atom. The highest BCUT2D eigenvalue weighted by atomic mass is 16.5. The van der Waals surface area contributed by atoms with Gasteiger partial charge in [0.05, 0.1) is 26.4 Å². The molecule has 1 saturated heterocycles. The molecule has 2 aromatic rings. The maximum Gasteiger partial charge on any atom is 0.279 e. The lowest BCUT2D eigenvalue weighted by atomic mass is 9.66. The van der Waals surface area contributed by atoms with Crippen LogP contribution in [0.15, 0.2) is 48.5 Å². The fourth-order valence-corrected chi connectivity index (χ4v) is 5.42. The highest BCUT2D eigenvalue weighted by Gasteiger charge is 2.51. The molecule has 4 atom stereocenters. The Hall–Kier alpha value is -2.57. The smallest absolute Gasteiger partial charge is 0.279 e. The number of fused-ring (bicyclic) bond motifs is 1. The zero-order chi connectivity index (χ0) is 21.8. The fourth-order valence-electron chi connectivity index (χ4n) is 5.42. The summed E-state index contributed by atoms with van der Waals surface area (Å²) < 4.78 is 10.5. The van der Waals surface area contributed by atoms with Crippen LogP contribution in [0.25, 0.3) is 0 Å². The topological polar surface area (TPSA) is 72.2 Å². The third-order valence-corrected chi connectivity index (χ3v) is 7.02. The first kappa shape index (κ1) is 21.7. The molecule has 1 saturated carbocycles. The second kappa shape index (κ2) is 9.28. The summed E-state index contributed by atoms with van der Waals surface area (Å²) in [5, 5.41) is 14.4. The Labute approximate surface area is 184 Å². The lowest BCUT2D eigenvalue weighted by Crippen LogP contribution is -3.16. The van der Waals surface area contributed by atoms with Crippen molar-refractivity contribution < 1.29 is 24.3 Å². The molecule has 166 valence electrons. The van der Waals surface area contributed by atoms with Crippen molar-refractivity contribution in [1.82, 2.24) is 0 Å². The molecule has 0 spiro atoms. The number of hydrogen-bond donors (Lipinski definition) is 3. The minimum Gasteiger partial charge on any atom is -0.497 e. The molecular formula is C25H33N2O4+. The van der Waals surface area contributed by atoms with Crippen LogP contribution in [0, 0.1) is 5.92 Å². The van der Waals surface area contributed by atoms with Gasteiger partial charge >= 0.3 is 0 Å². The first-order valence-corrected chi connectivity index (χ1v) is 11.2. The zero-order valence-electron chi connectivity index (χ0n) is 18.4. The number of rotatable bonds is 6. The monoisotopic (exact) mass is 425 g/mol. The largest absolute Gasteiger partial charge is 0.497 e. The Bertz CT molecular complexity index is 883. The average molecular weight is 426 g/mol. The highest BCUT2D eigenvalue weighted by Crippen LogP contribution is 2.44. The standard InChI is InChI=1S/C25H32N2O4/c1-30-20-10-6-18(7-11-20)24-22-5-3-4-14-25(22,29)15-16-27(24)17-23(28)26-19-8-12-21(31-2)13-9-19/h6-13,22,24,29H,3-5,14-17H2,1-2H3,(H,26,28)/p+1/t22-,24+,25+/m0/s1. The van der Waals surface area contributed by atoms with E-state index in [0.29, 0.717) is 6.54 Å². The number of ether oxygens (including phenoxy) is 2. The van der Waals surface area contributed by atoms with Gasteiger partial charge in [-0.25, -0.2) is 0 Å². The number of aliphatic hydroxyl groups is 1. The quantitative estimate of drug-likeness (QED) is 0.665. The van der Waals surface area contributed by atoms with Crippen molar-refractivity contribution in [2.24, 2.45) is 5.92 Å². The van der Waals surface area contributed by atoms with Gasteiger partial charge in [0.2, 0.25) is 0 Å². The molecular weight excluding hydrogens is 392 g/mol. The molecule has 1 aliphatic carbocycles. The summed E-state index contributed by atoms with van der Waals surface area (Å²) in [6.45, 7) is 1.15. The fraction of sp³-hybridized carbons (Fsp3) is 0.480. The van der Waals surface area contributed by atoms with E-state index >= 15 is 0 Å². The third kappa shape index (κ3) is 4.70. The molecule has 1 amide bonds. The van der Waals surface area contributed by atoms with Gasteiger partial charge < -0.3 is 24.8 Å². The molecule has 6 nitrogen and oxygen atoms in total. The second-order valence-electron chi connectivity index (χ2n) is 8.82. The Kier molecular flexibility index (Phi) is 6.49. The number of hydrogen-bond acceptors (Lipinski definition) is 4. The summed E-state index contributed by atoms with van der Waals surface area (Å²) in [4.78, 5) is 14.1. The summed E-state index contributed by atoms with van der Waals surface area (Å²) in [5.74, 6) is 1.72. The first-order valence-electron chi connectivity index (χ1n) is 11.2. The Balaban J connectivity index is 1.54. The van der Waals surface area contributed by atoms with Crippen molar-refractivity contribution in [1.29, 1.82) is 0 Å². The van der Waals surface area contributed by atoms with Gasteiger partial charge in [0.1, 0.15) is 17.5 Å². The average Bonchev–Trinajstić information content (AvgIpc) is 2.79. The predicted molar refractivity (Wildman–Crippen MR) is 120 cm³/mol. The molecule has 6 heteroatoms. The SMILES string of the molecule is COc1ccc(NC(=O)C[NH+]2CC[C@]3(O)CCCC[C@H]3[C@H]2c2ccc(OC)cc2)cc1. The molecule has 3 N–H and O–H groups in total. The van der Waals surface area contributed by atoms with Crippen LogP contribution in [0.2, 0.25) is 0 Å². The molecule has 0 radical (unpaired) electrons. The van der Waals surface area contributed by atoms with Crippen LogP contribution in [-0.2, 0) is 4.79 Å². The maximum absolute atomic E-state index is 12.9. The summed E-state index contributed by atoms with van der Waals surface area (Å²) in [6, 6.07) is 15.6. The van der Waals surface area contributed by atoms with Gasteiger partial charge in [-0.1, -0.05) is 12.8 Å². The van der Waals surface area contributed by atoms with Crippen molar-refractivity contribution in [3.8, 4) is 11.5 Å². The van der Waals surface area contributed by atoms with Gasteiger partial charge in [0.15, 0.2) is 6.54 Å². The Morgan fingerprint density at radius 2 is 1.68 bits per heavy atom. The van der Waals surface area contributed by atoms with Gasteiger partial charge in [-0.05, 0) is 61.4 Å². The molecule has 0 bridgehead atoms. The predicted octanol–water partition coefficient (Wildman–Crippen LogP) is 2.59. The van der Waals surface area contributed by atoms with Gasteiger partial charge in [-0.3, -0.25) is 4.79 Å². The summed E-state index contributed by atoms with van der Waals surface area (Å²) >= 11 is 0. The summed E-state index contributed by atoms with van der Waals surface area (Å²) in [5.41, 5.74) is 1.30. The number of amides is 1. The lowest BCUT2D eigenvalue weighted by molar-refractivity contribution is -0.937. The molecule has 2 aliphatic rings. The molecule has 0 aromatic heterocycles. The highest BCUT2D eigenvalue weighted by molar-refractivity contribution is 5.91. The van der Waals surface area contributed by atoms with E-state index in [-0.39, 0.29) is 17.9 Å². The van der Waals surface area contributed by atoms with Gasteiger partial charge in [-0.15, -0.1) is 0 Å². The van der Waals surface area contributed by atoms with E-state index in [1.54, 1.807) is 14.2 Å². The van der Waals surface area contributed by atoms with E-state index in [1.165, 1.54) is 4.90 Å². The molecule has 2 aromatic carbocycles. The van der Waals surface area contributed by atoms with Crippen molar-refractivity contribution in [2.75, 3.05) is 32.6 Å². The van der Waals surface area contributed by atoms with E-state index in [9.17, 15) is 9.90 Å². The van der Waals surface area contributed by atoms with Crippen LogP contribution in [0.3, 0.4) is 0 Å². The second-order valence-corrected chi connectivity index (χ2v) is 8.82. The number of benzene rings is 2. The maximum atomic E-state index is 12.9. The van der Waals surface area contributed by atoms with Gasteiger partial charge in [0.25, 0.3) is 5.91 Å². The number of carbonyl (C=O) groups is 1. The number of quaternary nitrogens is 1. The van der Waals surface area contributed by atoms with E-state index in [4.69, 9.17) is 9.47 Å². The summed E-state index contributed by atoms with van der Waals surface area (Å²) in [6.07, 6.45) is 4.81. The number of anilines is 1. The third-order valence-electron chi connectivity index (χ3n) is 7.02. The van der Waals surface area contributed by atoms with Crippen LogP contribution in [-0.4, -0.2) is 43.9 Å². The van der Waals surface area contributed by atoms with E-state index in [2.05, 4.69) is 17.4 Å². The number of likely N-dealkylation sites (tertiary alicyclic amines) is 1. The molecule has 4 rings (SSSR count). The van der Waals surface area contributed by atoms with Gasteiger partial charge in [0, 0.05) is 23.6 Å². The van der Waals surface area contributed by atoms with Gasteiger partial charge in [-0.2, -0.15) is 0 Å². The number of methoxy groups -OCH3 is 2. The molecule has 1 aliphatic heterocycles. The van der Waals surface area contributed by atoms with Crippen molar-refractivity contribution in [3.63, 3.8) is 0 Å². The molecule has 2 fully saturated rings.